The number of halogens is 3. The highest BCUT2D eigenvalue weighted by atomic mass is 32.1. The van der Waals surface area contributed by atoms with Crippen molar-refractivity contribution in [3.05, 3.63) is 68.9 Å². The number of carbonyl (C=O) groups is 3. The van der Waals surface area contributed by atoms with Gasteiger partial charge in [-0.25, -0.2) is 18.2 Å². The molecule has 3 aliphatic rings. The van der Waals surface area contributed by atoms with Gasteiger partial charge >= 0.3 is 0 Å². The number of ether oxygens (including phenoxy) is 3. The van der Waals surface area contributed by atoms with E-state index in [0.717, 1.165) is 28.3 Å². The molecular weight excluding hydrogens is 778 g/mol. The molecule has 3 N–H and O–H groups in total. The summed E-state index contributed by atoms with van der Waals surface area (Å²) in [5.41, 5.74) is 2.12. The SMILES string of the molecule is CC(C)c1nc(C(=O)N2CCOC3(CCN(Cc4cccc(CCOCCC(=O)N(CCNCCc5ccc(O)c6c5OCC(=O)N6)CC(F)F)c4F)CC3)C2)cs1. The maximum Gasteiger partial charge on any atom is 0.273 e. The molecule has 6 rings (SSSR count). The number of piperidine rings is 1. The minimum absolute atomic E-state index is 0.0131. The molecular formula is C41H53F3N6O7S. The molecule has 3 aliphatic heterocycles. The van der Waals surface area contributed by atoms with Crippen LogP contribution in [0.2, 0.25) is 0 Å². The molecule has 3 amide bonds. The molecule has 0 unspecified atom stereocenters. The van der Waals surface area contributed by atoms with E-state index in [9.17, 15) is 28.3 Å². The van der Waals surface area contributed by atoms with E-state index in [1.54, 1.807) is 18.2 Å². The zero-order valence-corrected chi connectivity index (χ0v) is 33.9. The fraction of sp³-hybridized carbons (Fsp3) is 0.561. The van der Waals surface area contributed by atoms with Gasteiger partial charge in [0.1, 0.15) is 22.9 Å². The number of anilines is 1. The molecule has 316 valence electrons. The van der Waals surface area contributed by atoms with Crippen molar-refractivity contribution < 1.29 is 46.9 Å². The molecule has 13 nitrogen and oxygen atoms in total. The first-order valence-electron chi connectivity index (χ1n) is 19.9. The van der Waals surface area contributed by atoms with Crippen LogP contribution >= 0.6 is 11.3 Å². The minimum atomic E-state index is -2.70. The van der Waals surface area contributed by atoms with Crippen LogP contribution in [-0.4, -0.2) is 133 Å². The Morgan fingerprint density at radius 1 is 1.09 bits per heavy atom. The average molecular weight is 831 g/mol. The van der Waals surface area contributed by atoms with Crippen LogP contribution < -0.4 is 15.4 Å². The highest BCUT2D eigenvalue weighted by molar-refractivity contribution is 7.09. The summed E-state index contributed by atoms with van der Waals surface area (Å²) in [7, 11) is 0. The maximum atomic E-state index is 15.6. The first-order chi connectivity index (χ1) is 27.9. The summed E-state index contributed by atoms with van der Waals surface area (Å²) in [6, 6.07) is 8.47. The number of phenolic OH excluding ortho intramolecular Hbond substituents is 1. The predicted molar refractivity (Wildman–Crippen MR) is 212 cm³/mol. The molecule has 1 spiro atoms. The number of hydrogen-bond donors (Lipinski definition) is 3. The number of aromatic hydroxyl groups is 1. The summed E-state index contributed by atoms with van der Waals surface area (Å²) in [6.07, 6.45) is -0.565. The fourth-order valence-electron chi connectivity index (χ4n) is 7.50. The van der Waals surface area contributed by atoms with E-state index >= 15 is 4.39 Å². The lowest BCUT2D eigenvalue weighted by atomic mass is 9.89. The van der Waals surface area contributed by atoms with Crippen LogP contribution in [-0.2, 0) is 38.4 Å². The number of phenols is 1. The van der Waals surface area contributed by atoms with E-state index in [1.165, 1.54) is 17.4 Å². The second kappa shape index (κ2) is 20.1. The molecule has 1 aromatic heterocycles. The number of morpholine rings is 1. The van der Waals surface area contributed by atoms with E-state index in [2.05, 4.69) is 34.4 Å². The molecule has 2 fully saturated rings. The lowest BCUT2D eigenvalue weighted by Crippen LogP contribution is -2.58. The normalized spacial score (nSPS) is 16.7. The number of alkyl halides is 2. The van der Waals surface area contributed by atoms with Crippen molar-refractivity contribution in [2.75, 3.05) is 84.1 Å². The van der Waals surface area contributed by atoms with Crippen LogP contribution in [0, 0.1) is 5.82 Å². The number of aromatic nitrogens is 1. The summed E-state index contributed by atoms with van der Waals surface area (Å²) in [4.78, 5) is 47.5. The average Bonchev–Trinajstić information content (AvgIpc) is 3.71. The molecule has 58 heavy (non-hydrogen) atoms. The van der Waals surface area contributed by atoms with Crippen LogP contribution in [0.4, 0.5) is 18.9 Å². The first kappa shape index (κ1) is 43.3. The van der Waals surface area contributed by atoms with E-state index in [0.29, 0.717) is 81.3 Å². The Morgan fingerprint density at radius 3 is 2.64 bits per heavy atom. The Labute approximate surface area is 340 Å². The molecule has 0 radical (unpaired) electrons. The highest BCUT2D eigenvalue weighted by Gasteiger charge is 2.41. The number of nitrogens with one attached hydrogen (secondary N) is 2. The third kappa shape index (κ3) is 11.3. The molecule has 0 saturated carbocycles. The monoisotopic (exact) mass is 830 g/mol. The number of fused-ring (bicyclic) bond motifs is 1. The molecule has 2 saturated heterocycles. The van der Waals surface area contributed by atoms with Crippen molar-refractivity contribution >= 4 is 34.7 Å². The van der Waals surface area contributed by atoms with E-state index in [1.807, 2.05) is 16.3 Å². The quantitative estimate of drug-likeness (QED) is 0.121. The Bertz CT molecular complexity index is 1890. The van der Waals surface area contributed by atoms with Crippen LogP contribution in [0.3, 0.4) is 0 Å². The van der Waals surface area contributed by atoms with Crippen molar-refractivity contribution in [2.45, 2.75) is 70.4 Å². The second-order valence-electron chi connectivity index (χ2n) is 15.3. The fourth-order valence-corrected chi connectivity index (χ4v) is 8.31. The Balaban J connectivity index is 0.895. The van der Waals surface area contributed by atoms with E-state index in [-0.39, 0.29) is 74.3 Å². The Kier molecular flexibility index (Phi) is 15.0. The third-order valence-electron chi connectivity index (χ3n) is 10.7. The van der Waals surface area contributed by atoms with Gasteiger partial charge in [-0.15, -0.1) is 11.3 Å². The third-order valence-corrected chi connectivity index (χ3v) is 11.9. The lowest BCUT2D eigenvalue weighted by molar-refractivity contribution is -0.134. The van der Waals surface area contributed by atoms with Gasteiger partial charge in [0, 0.05) is 56.1 Å². The van der Waals surface area contributed by atoms with Crippen molar-refractivity contribution in [3.8, 4) is 11.5 Å². The van der Waals surface area contributed by atoms with Crippen molar-refractivity contribution in [2.24, 2.45) is 0 Å². The maximum absolute atomic E-state index is 15.6. The van der Waals surface area contributed by atoms with Gasteiger partial charge in [0.25, 0.3) is 18.2 Å². The van der Waals surface area contributed by atoms with Gasteiger partial charge in [-0.3, -0.25) is 19.3 Å². The summed E-state index contributed by atoms with van der Waals surface area (Å²) in [6.45, 7) is 7.57. The van der Waals surface area contributed by atoms with Crippen molar-refractivity contribution in [1.82, 2.24) is 25.0 Å². The van der Waals surface area contributed by atoms with Gasteiger partial charge in [0.2, 0.25) is 5.91 Å². The molecule has 17 heteroatoms. The van der Waals surface area contributed by atoms with Gasteiger partial charge in [-0.1, -0.05) is 38.1 Å². The van der Waals surface area contributed by atoms with E-state index in [4.69, 9.17) is 14.2 Å². The highest BCUT2D eigenvalue weighted by Crippen LogP contribution is 2.39. The first-order valence-corrected chi connectivity index (χ1v) is 20.8. The minimum Gasteiger partial charge on any atom is -0.506 e. The largest absolute Gasteiger partial charge is 0.506 e. The topological polar surface area (TPSA) is 146 Å². The lowest BCUT2D eigenvalue weighted by Gasteiger charge is -2.47. The van der Waals surface area contributed by atoms with Gasteiger partial charge < -0.3 is 39.8 Å². The number of carbonyl (C=O) groups excluding carboxylic acids is 3. The Hall–Kier alpha value is -4.29. The number of rotatable bonds is 18. The summed E-state index contributed by atoms with van der Waals surface area (Å²) in [5, 5.41) is 18.6. The van der Waals surface area contributed by atoms with Gasteiger partial charge in [0.05, 0.1) is 49.9 Å². The molecule has 4 heterocycles. The van der Waals surface area contributed by atoms with Gasteiger partial charge in [0.15, 0.2) is 12.4 Å². The van der Waals surface area contributed by atoms with Crippen molar-refractivity contribution in [1.29, 1.82) is 0 Å². The predicted octanol–water partition coefficient (Wildman–Crippen LogP) is 4.82. The molecule has 0 aliphatic carbocycles. The summed E-state index contributed by atoms with van der Waals surface area (Å²) < 4.78 is 59.8. The molecule has 3 aromatic rings. The number of likely N-dealkylation sites (tertiary alicyclic amines) is 1. The number of thiazole rings is 1. The number of amides is 3. The van der Waals surface area contributed by atoms with E-state index < -0.39 is 24.5 Å². The number of benzene rings is 2. The van der Waals surface area contributed by atoms with Crippen LogP contribution in [0.1, 0.15) is 71.2 Å². The Morgan fingerprint density at radius 2 is 1.88 bits per heavy atom. The number of nitrogens with zero attached hydrogens (tertiary/aromatic N) is 4. The van der Waals surface area contributed by atoms with Crippen LogP contribution in [0.5, 0.6) is 11.5 Å². The summed E-state index contributed by atoms with van der Waals surface area (Å²) in [5.74, 6) is -0.622. The van der Waals surface area contributed by atoms with Gasteiger partial charge in [-0.05, 0) is 49.4 Å². The number of hydrogen-bond acceptors (Lipinski definition) is 11. The van der Waals surface area contributed by atoms with Gasteiger partial charge in [-0.2, -0.15) is 0 Å². The zero-order valence-electron chi connectivity index (χ0n) is 33.1. The molecule has 0 atom stereocenters. The van der Waals surface area contributed by atoms with Crippen LogP contribution in [0.25, 0.3) is 0 Å². The standard InChI is InChI=1S/C41H53F3N6O7S/c1-27(2)39-46-31(25-58-39)40(54)50-18-21-57-41(26-50)11-15-48(16-12-41)22-30-5-3-4-28(36(30)44)9-19-55-20-10-35(53)49(23-33(42)43)17-14-45-13-8-29-6-7-32(51)37-38(29)56-24-34(52)47-37/h3-7,25,27,33,45,51H,8-24,26H2,1-2H3,(H,47,52). The summed E-state index contributed by atoms with van der Waals surface area (Å²) >= 11 is 1.51. The van der Waals surface area contributed by atoms with Crippen molar-refractivity contribution in [3.63, 3.8) is 0 Å². The van der Waals surface area contributed by atoms with Crippen LogP contribution in [0.15, 0.2) is 35.7 Å². The second-order valence-corrected chi connectivity index (χ2v) is 16.2. The zero-order chi connectivity index (χ0) is 41.2. The smallest absolute Gasteiger partial charge is 0.273 e. The molecule has 0 bridgehead atoms. The molecule has 2 aromatic carbocycles.